The molecule has 0 saturated carbocycles. The van der Waals surface area contributed by atoms with Crippen LogP contribution in [0, 0.1) is 0 Å². The molecule has 0 amide bonds. The normalized spacial score (nSPS) is 10.8. The van der Waals surface area contributed by atoms with Crippen LogP contribution in [0.5, 0.6) is 0 Å². The van der Waals surface area contributed by atoms with Crippen molar-refractivity contribution in [3.8, 4) is 0 Å². The SMILES string of the molecule is O=C(O)Cc1c(CBr)c[nH]c(=O)c1C(F)F. The highest BCUT2D eigenvalue weighted by Crippen LogP contribution is 2.23. The molecule has 4 nitrogen and oxygen atoms in total. The number of nitrogens with one attached hydrogen (secondary N) is 1. The number of aromatic amines is 1. The Morgan fingerprint density at radius 3 is 2.62 bits per heavy atom. The van der Waals surface area contributed by atoms with Crippen molar-refractivity contribution in [3.05, 3.63) is 33.2 Å². The number of aromatic nitrogens is 1. The van der Waals surface area contributed by atoms with E-state index in [1.165, 1.54) is 6.20 Å². The summed E-state index contributed by atoms with van der Waals surface area (Å²) < 4.78 is 25.3. The maximum Gasteiger partial charge on any atom is 0.307 e. The molecule has 0 fully saturated rings. The molecule has 1 heterocycles. The molecular weight excluding hydrogens is 288 g/mol. The zero-order valence-corrected chi connectivity index (χ0v) is 9.55. The van der Waals surface area contributed by atoms with E-state index in [1.807, 2.05) is 0 Å². The second-order valence-corrected chi connectivity index (χ2v) is 3.60. The molecule has 1 aromatic heterocycles. The summed E-state index contributed by atoms with van der Waals surface area (Å²) in [5.41, 5.74) is -1.49. The number of carboxylic acid groups (broad SMARTS) is 1. The molecule has 0 aliphatic heterocycles. The van der Waals surface area contributed by atoms with Gasteiger partial charge in [0, 0.05) is 11.5 Å². The Balaban J connectivity index is 3.42. The van der Waals surface area contributed by atoms with Gasteiger partial charge < -0.3 is 10.1 Å². The molecule has 0 saturated heterocycles. The van der Waals surface area contributed by atoms with Crippen LogP contribution in [0.3, 0.4) is 0 Å². The van der Waals surface area contributed by atoms with Gasteiger partial charge in [0.25, 0.3) is 12.0 Å². The van der Waals surface area contributed by atoms with Gasteiger partial charge in [-0.2, -0.15) is 0 Å². The fraction of sp³-hybridized carbons (Fsp3) is 0.333. The summed E-state index contributed by atoms with van der Waals surface area (Å²) >= 11 is 3.05. The first-order chi connectivity index (χ1) is 7.47. The van der Waals surface area contributed by atoms with Gasteiger partial charge in [-0.15, -0.1) is 0 Å². The van der Waals surface area contributed by atoms with E-state index in [2.05, 4.69) is 20.9 Å². The maximum absolute atomic E-state index is 12.6. The van der Waals surface area contributed by atoms with E-state index in [1.54, 1.807) is 0 Å². The van der Waals surface area contributed by atoms with E-state index in [-0.39, 0.29) is 10.9 Å². The third-order valence-electron chi connectivity index (χ3n) is 2.03. The predicted octanol–water partition coefficient (Wildman–Crippen LogP) is 1.83. The summed E-state index contributed by atoms with van der Waals surface area (Å²) in [5.74, 6) is -1.25. The van der Waals surface area contributed by atoms with E-state index < -0.39 is 29.9 Å². The smallest absolute Gasteiger partial charge is 0.307 e. The van der Waals surface area contributed by atoms with Gasteiger partial charge >= 0.3 is 5.97 Å². The Hall–Kier alpha value is -1.24. The maximum atomic E-state index is 12.6. The summed E-state index contributed by atoms with van der Waals surface area (Å²) in [4.78, 5) is 23.9. The zero-order valence-electron chi connectivity index (χ0n) is 7.97. The molecule has 1 aromatic rings. The lowest BCUT2D eigenvalue weighted by atomic mass is 10.0. The van der Waals surface area contributed by atoms with Gasteiger partial charge in [-0.3, -0.25) is 9.59 Å². The molecule has 0 radical (unpaired) electrons. The van der Waals surface area contributed by atoms with Crippen LogP contribution in [0.2, 0.25) is 0 Å². The molecular formula is C9H8BrF2NO3. The highest BCUT2D eigenvalue weighted by Gasteiger charge is 2.21. The predicted molar refractivity (Wildman–Crippen MR) is 56.0 cm³/mol. The Labute approximate surface area is 97.4 Å². The Morgan fingerprint density at radius 1 is 1.56 bits per heavy atom. The number of hydrogen-bond acceptors (Lipinski definition) is 2. The van der Waals surface area contributed by atoms with E-state index >= 15 is 0 Å². The topological polar surface area (TPSA) is 70.2 Å². The average Bonchev–Trinajstić information content (AvgIpc) is 2.16. The van der Waals surface area contributed by atoms with Crippen LogP contribution in [0.25, 0.3) is 0 Å². The standard InChI is InChI=1S/C9H8BrF2NO3/c10-2-4-3-13-9(16)7(8(11)12)5(4)1-6(14)15/h3,8H,1-2H2,(H,13,16)(H,14,15). The van der Waals surface area contributed by atoms with E-state index in [4.69, 9.17) is 5.11 Å². The molecule has 7 heteroatoms. The van der Waals surface area contributed by atoms with Crippen molar-refractivity contribution in [1.82, 2.24) is 4.98 Å². The molecule has 0 aliphatic carbocycles. The molecule has 0 aromatic carbocycles. The summed E-state index contributed by atoms with van der Waals surface area (Å²) in [7, 11) is 0. The molecule has 88 valence electrons. The highest BCUT2D eigenvalue weighted by atomic mass is 79.9. The Morgan fingerprint density at radius 2 is 2.19 bits per heavy atom. The van der Waals surface area contributed by atoms with Gasteiger partial charge in [0.15, 0.2) is 0 Å². The second-order valence-electron chi connectivity index (χ2n) is 3.04. The van der Waals surface area contributed by atoms with Gasteiger partial charge in [-0.1, -0.05) is 15.9 Å². The zero-order chi connectivity index (χ0) is 12.3. The Bertz CT molecular complexity index is 459. The third-order valence-corrected chi connectivity index (χ3v) is 2.63. The number of pyridine rings is 1. The second kappa shape index (κ2) is 5.20. The van der Waals surface area contributed by atoms with Crippen molar-refractivity contribution in [2.24, 2.45) is 0 Å². The number of H-pyrrole nitrogens is 1. The molecule has 16 heavy (non-hydrogen) atoms. The molecule has 0 spiro atoms. The number of carboxylic acids is 1. The number of alkyl halides is 3. The van der Waals surface area contributed by atoms with Crippen molar-refractivity contribution in [2.75, 3.05) is 0 Å². The molecule has 0 bridgehead atoms. The van der Waals surface area contributed by atoms with Crippen LogP contribution in [-0.4, -0.2) is 16.1 Å². The molecule has 1 rings (SSSR count). The minimum Gasteiger partial charge on any atom is -0.481 e. The van der Waals surface area contributed by atoms with Crippen LogP contribution >= 0.6 is 15.9 Å². The van der Waals surface area contributed by atoms with Crippen molar-refractivity contribution in [3.63, 3.8) is 0 Å². The number of hydrogen-bond donors (Lipinski definition) is 2. The summed E-state index contributed by atoms with van der Waals surface area (Å²) in [5, 5.41) is 8.81. The molecule has 0 aliphatic rings. The number of halogens is 3. The first-order valence-electron chi connectivity index (χ1n) is 4.26. The number of aliphatic carboxylic acids is 1. The minimum absolute atomic E-state index is 0.122. The number of rotatable bonds is 4. The van der Waals surface area contributed by atoms with Gasteiger partial charge in [0.05, 0.1) is 12.0 Å². The van der Waals surface area contributed by atoms with Crippen LogP contribution in [0.4, 0.5) is 8.78 Å². The monoisotopic (exact) mass is 295 g/mol. The average molecular weight is 296 g/mol. The molecule has 0 unspecified atom stereocenters. The van der Waals surface area contributed by atoms with Crippen LogP contribution in [0.15, 0.2) is 11.0 Å². The molecule has 2 N–H and O–H groups in total. The lowest BCUT2D eigenvalue weighted by Gasteiger charge is -2.09. The lowest BCUT2D eigenvalue weighted by molar-refractivity contribution is -0.136. The van der Waals surface area contributed by atoms with Gasteiger partial charge in [-0.25, -0.2) is 8.78 Å². The van der Waals surface area contributed by atoms with Crippen molar-refractivity contribution >= 4 is 21.9 Å². The Kier molecular flexibility index (Phi) is 4.17. The van der Waals surface area contributed by atoms with E-state index in [0.717, 1.165) is 0 Å². The highest BCUT2D eigenvalue weighted by molar-refractivity contribution is 9.08. The summed E-state index contributed by atoms with van der Waals surface area (Å²) in [6, 6.07) is 0. The van der Waals surface area contributed by atoms with E-state index in [0.29, 0.717) is 5.56 Å². The van der Waals surface area contributed by atoms with Crippen molar-refractivity contribution in [1.29, 1.82) is 0 Å². The first-order valence-corrected chi connectivity index (χ1v) is 5.38. The van der Waals surface area contributed by atoms with Gasteiger partial charge in [-0.05, 0) is 11.1 Å². The van der Waals surface area contributed by atoms with Crippen LogP contribution in [0.1, 0.15) is 23.1 Å². The van der Waals surface area contributed by atoms with Crippen molar-refractivity contribution < 1.29 is 18.7 Å². The quantitative estimate of drug-likeness (QED) is 0.833. The van der Waals surface area contributed by atoms with E-state index in [9.17, 15) is 18.4 Å². The van der Waals surface area contributed by atoms with Gasteiger partial charge in [0.2, 0.25) is 0 Å². The fourth-order valence-corrected chi connectivity index (χ4v) is 1.84. The fourth-order valence-electron chi connectivity index (χ4n) is 1.34. The minimum atomic E-state index is -2.99. The van der Waals surface area contributed by atoms with Crippen LogP contribution < -0.4 is 5.56 Å². The molecule has 0 atom stereocenters. The van der Waals surface area contributed by atoms with Crippen molar-refractivity contribution in [2.45, 2.75) is 18.2 Å². The third kappa shape index (κ3) is 2.66. The summed E-state index contributed by atoms with van der Waals surface area (Å²) in [6.07, 6.45) is -2.34. The summed E-state index contributed by atoms with van der Waals surface area (Å²) in [6.45, 7) is 0. The number of carbonyl (C=O) groups is 1. The lowest BCUT2D eigenvalue weighted by Crippen LogP contribution is -2.19. The largest absolute Gasteiger partial charge is 0.481 e. The van der Waals surface area contributed by atoms with Gasteiger partial charge in [0.1, 0.15) is 0 Å². The van der Waals surface area contributed by atoms with Crippen LogP contribution in [-0.2, 0) is 16.5 Å². The first kappa shape index (κ1) is 12.8.